The van der Waals surface area contributed by atoms with E-state index in [9.17, 15) is 4.79 Å². The van der Waals surface area contributed by atoms with Crippen LogP contribution in [0.2, 0.25) is 0 Å². The number of nitrogens with one attached hydrogen (secondary N) is 1. The number of hydrogen-bond acceptors (Lipinski definition) is 4. The van der Waals surface area contributed by atoms with Crippen LogP contribution in [-0.2, 0) is 32.5 Å². The normalized spacial score (nSPS) is 14.8. The van der Waals surface area contributed by atoms with Gasteiger partial charge in [0, 0.05) is 50.3 Å². The van der Waals surface area contributed by atoms with Crippen molar-refractivity contribution in [2.75, 3.05) is 6.54 Å². The molecule has 3 rings (SSSR count). The van der Waals surface area contributed by atoms with E-state index in [-0.39, 0.29) is 5.56 Å². The van der Waals surface area contributed by atoms with Crippen LogP contribution in [-0.4, -0.2) is 31.2 Å². The number of nitrogens with zero attached hydrogens (tertiary/aromatic N) is 4. The minimum absolute atomic E-state index is 0.0338. The van der Waals surface area contributed by atoms with Gasteiger partial charge in [-0.2, -0.15) is 5.10 Å². The van der Waals surface area contributed by atoms with Gasteiger partial charge in [-0.3, -0.25) is 14.4 Å². The van der Waals surface area contributed by atoms with E-state index in [4.69, 9.17) is 0 Å². The second-order valence-corrected chi connectivity index (χ2v) is 6.63. The van der Waals surface area contributed by atoms with E-state index in [1.807, 2.05) is 6.20 Å². The Morgan fingerprint density at radius 1 is 1.29 bits per heavy atom. The first-order valence-electron chi connectivity index (χ1n) is 8.97. The van der Waals surface area contributed by atoms with Crippen LogP contribution < -0.4 is 5.56 Å². The highest BCUT2D eigenvalue weighted by Gasteiger charge is 2.22. The topological polar surface area (TPSA) is 66.8 Å². The lowest BCUT2D eigenvalue weighted by molar-refractivity contribution is 0.241. The van der Waals surface area contributed by atoms with Crippen LogP contribution >= 0.6 is 0 Å². The monoisotopic (exact) mass is 329 g/mol. The van der Waals surface area contributed by atoms with Crippen molar-refractivity contribution < 1.29 is 0 Å². The maximum absolute atomic E-state index is 12.4. The minimum atomic E-state index is 0.0338. The molecule has 0 radical (unpaired) electrons. The predicted octanol–water partition coefficient (Wildman–Crippen LogP) is 2.20. The molecule has 3 heterocycles. The lowest BCUT2D eigenvalue weighted by atomic mass is 10.1. The van der Waals surface area contributed by atoms with Crippen molar-refractivity contribution in [3.8, 4) is 0 Å². The number of fused-ring (bicyclic) bond motifs is 1. The van der Waals surface area contributed by atoms with Gasteiger partial charge in [-0.1, -0.05) is 13.8 Å². The summed E-state index contributed by atoms with van der Waals surface area (Å²) in [5, 5.41) is 4.47. The molecular formula is C18H27N5O. The number of aromatic nitrogens is 4. The zero-order chi connectivity index (χ0) is 17.1. The number of hydrogen-bond donors (Lipinski definition) is 1. The van der Waals surface area contributed by atoms with E-state index < -0.39 is 0 Å². The largest absolute Gasteiger partial charge is 0.310 e. The fraction of sp³-hybridized carbons (Fsp3) is 0.611. The number of aromatic amines is 1. The van der Waals surface area contributed by atoms with Crippen LogP contribution in [0.3, 0.4) is 0 Å². The SMILES string of the molecule is CCCc1nc2c(c(=O)[nH]1)CN(Cc1cnn(CCC)c1C)CC2. The van der Waals surface area contributed by atoms with Crippen molar-refractivity contribution in [2.45, 2.75) is 66.1 Å². The van der Waals surface area contributed by atoms with Crippen molar-refractivity contribution in [3.63, 3.8) is 0 Å². The van der Waals surface area contributed by atoms with Crippen molar-refractivity contribution in [2.24, 2.45) is 0 Å². The van der Waals surface area contributed by atoms with E-state index in [0.717, 1.165) is 62.4 Å². The summed E-state index contributed by atoms with van der Waals surface area (Å²) in [7, 11) is 0. The van der Waals surface area contributed by atoms with Gasteiger partial charge in [-0.05, 0) is 19.8 Å². The van der Waals surface area contributed by atoms with Gasteiger partial charge in [-0.15, -0.1) is 0 Å². The molecule has 2 aromatic heterocycles. The summed E-state index contributed by atoms with van der Waals surface area (Å²) in [4.78, 5) is 22.3. The van der Waals surface area contributed by atoms with Gasteiger partial charge in [0.2, 0.25) is 0 Å². The first kappa shape index (κ1) is 16.9. The van der Waals surface area contributed by atoms with Crippen LogP contribution in [0.1, 0.15) is 55.0 Å². The van der Waals surface area contributed by atoms with E-state index in [1.54, 1.807) is 0 Å². The molecule has 0 atom stereocenters. The van der Waals surface area contributed by atoms with Crippen molar-refractivity contribution >= 4 is 0 Å². The molecule has 2 aromatic rings. The molecule has 0 saturated heterocycles. The lowest BCUT2D eigenvalue weighted by Gasteiger charge is -2.27. The molecule has 1 aliphatic rings. The highest BCUT2D eigenvalue weighted by Crippen LogP contribution is 2.18. The van der Waals surface area contributed by atoms with E-state index in [0.29, 0.717) is 6.54 Å². The molecule has 0 aliphatic carbocycles. The Kier molecular flexibility index (Phi) is 5.14. The summed E-state index contributed by atoms with van der Waals surface area (Å²) in [5.74, 6) is 0.825. The molecule has 1 N–H and O–H groups in total. The van der Waals surface area contributed by atoms with Crippen LogP contribution in [0.4, 0.5) is 0 Å². The van der Waals surface area contributed by atoms with Crippen molar-refractivity contribution in [3.05, 3.63) is 44.9 Å². The number of H-pyrrole nitrogens is 1. The maximum Gasteiger partial charge on any atom is 0.255 e. The molecule has 6 heteroatoms. The van der Waals surface area contributed by atoms with Gasteiger partial charge < -0.3 is 4.98 Å². The smallest absolute Gasteiger partial charge is 0.255 e. The highest BCUT2D eigenvalue weighted by atomic mass is 16.1. The Hall–Kier alpha value is -1.95. The number of rotatable bonds is 6. The first-order chi connectivity index (χ1) is 11.6. The molecule has 0 spiro atoms. The van der Waals surface area contributed by atoms with E-state index in [1.165, 1.54) is 11.3 Å². The molecule has 0 unspecified atom stereocenters. The summed E-state index contributed by atoms with van der Waals surface area (Å²) < 4.78 is 2.07. The molecule has 1 aliphatic heterocycles. The van der Waals surface area contributed by atoms with Crippen LogP contribution in [0.5, 0.6) is 0 Å². The zero-order valence-corrected chi connectivity index (χ0v) is 14.9. The lowest BCUT2D eigenvalue weighted by Crippen LogP contribution is -2.35. The van der Waals surface area contributed by atoms with Gasteiger partial charge in [0.05, 0.1) is 17.5 Å². The molecule has 0 fully saturated rings. The fourth-order valence-corrected chi connectivity index (χ4v) is 3.34. The Labute approximate surface area is 142 Å². The minimum Gasteiger partial charge on any atom is -0.310 e. The molecule has 0 saturated carbocycles. The Bertz CT molecular complexity index is 761. The Morgan fingerprint density at radius 3 is 2.88 bits per heavy atom. The van der Waals surface area contributed by atoms with Gasteiger partial charge in [-0.25, -0.2) is 4.98 Å². The summed E-state index contributed by atoms with van der Waals surface area (Å²) in [5.41, 5.74) is 4.33. The highest BCUT2D eigenvalue weighted by molar-refractivity contribution is 5.22. The molecule has 130 valence electrons. The van der Waals surface area contributed by atoms with Gasteiger partial charge in [0.25, 0.3) is 5.56 Å². The zero-order valence-electron chi connectivity index (χ0n) is 14.9. The third-order valence-electron chi connectivity index (χ3n) is 4.72. The summed E-state index contributed by atoms with van der Waals surface area (Å²) in [6.07, 6.45) is 5.72. The maximum atomic E-state index is 12.4. The van der Waals surface area contributed by atoms with Gasteiger partial charge in [0.1, 0.15) is 5.82 Å². The average Bonchev–Trinajstić information content (AvgIpc) is 2.89. The average molecular weight is 329 g/mol. The van der Waals surface area contributed by atoms with E-state index >= 15 is 0 Å². The third-order valence-corrected chi connectivity index (χ3v) is 4.72. The molecule has 0 amide bonds. The Balaban J connectivity index is 1.75. The van der Waals surface area contributed by atoms with Gasteiger partial charge >= 0.3 is 0 Å². The van der Waals surface area contributed by atoms with Gasteiger partial charge in [0.15, 0.2) is 0 Å². The van der Waals surface area contributed by atoms with Crippen LogP contribution in [0.15, 0.2) is 11.0 Å². The second kappa shape index (κ2) is 7.30. The first-order valence-corrected chi connectivity index (χ1v) is 8.97. The third kappa shape index (κ3) is 3.43. The predicted molar refractivity (Wildman–Crippen MR) is 93.9 cm³/mol. The standard InChI is InChI=1S/C18H27N5O/c1-4-6-17-20-16-7-9-22(12-15(16)18(24)21-17)11-14-10-19-23(8-5-2)13(14)3/h10H,4-9,11-12H2,1-3H3,(H,20,21,24). The summed E-state index contributed by atoms with van der Waals surface area (Å²) >= 11 is 0. The van der Waals surface area contributed by atoms with Crippen LogP contribution in [0.25, 0.3) is 0 Å². The molecule has 0 bridgehead atoms. The van der Waals surface area contributed by atoms with Crippen molar-refractivity contribution in [1.82, 2.24) is 24.6 Å². The summed E-state index contributed by atoms with van der Waals surface area (Å²) in [6, 6.07) is 0. The van der Waals surface area contributed by atoms with E-state index in [2.05, 4.69) is 45.4 Å². The quantitative estimate of drug-likeness (QED) is 0.882. The Morgan fingerprint density at radius 2 is 2.12 bits per heavy atom. The van der Waals surface area contributed by atoms with Crippen LogP contribution in [0, 0.1) is 6.92 Å². The fourth-order valence-electron chi connectivity index (χ4n) is 3.34. The second-order valence-electron chi connectivity index (χ2n) is 6.63. The molecule has 24 heavy (non-hydrogen) atoms. The molecule has 6 nitrogen and oxygen atoms in total. The van der Waals surface area contributed by atoms with Crippen molar-refractivity contribution in [1.29, 1.82) is 0 Å². The number of aryl methyl sites for hydroxylation is 2. The molecule has 0 aromatic carbocycles. The molecular weight excluding hydrogens is 302 g/mol. The summed E-state index contributed by atoms with van der Waals surface area (Å²) in [6.45, 7) is 9.79.